The van der Waals surface area contributed by atoms with Gasteiger partial charge in [-0.3, -0.25) is 0 Å². The van der Waals surface area contributed by atoms with Gasteiger partial charge in [0.2, 0.25) is 0 Å². The van der Waals surface area contributed by atoms with Crippen molar-refractivity contribution in [3.05, 3.63) is 35.9 Å². The Morgan fingerprint density at radius 2 is 2.05 bits per heavy atom. The summed E-state index contributed by atoms with van der Waals surface area (Å²) >= 11 is 0. The van der Waals surface area contributed by atoms with Gasteiger partial charge in [0.25, 0.3) is 0 Å². The molecule has 1 aliphatic carbocycles. The minimum Gasteiger partial charge on any atom is -0.389 e. The van der Waals surface area contributed by atoms with Crippen molar-refractivity contribution in [2.45, 2.75) is 31.8 Å². The van der Waals surface area contributed by atoms with E-state index in [-0.39, 0.29) is 6.10 Å². The van der Waals surface area contributed by atoms with Gasteiger partial charge in [-0.05, 0) is 43.7 Å². The van der Waals surface area contributed by atoms with Crippen LogP contribution < -0.4 is 5.32 Å². The molecule has 106 valence electrons. The number of aliphatic hydroxyl groups is 1. The molecular formula is C16H25NO2. The first-order valence-electron chi connectivity index (χ1n) is 7.35. The number of nitrogens with one attached hydrogen (secondary N) is 1. The molecule has 0 saturated heterocycles. The molecule has 2 rings (SSSR count). The predicted octanol–water partition coefficient (Wildman–Crippen LogP) is 2.00. The Morgan fingerprint density at radius 1 is 1.26 bits per heavy atom. The highest BCUT2D eigenvalue weighted by Crippen LogP contribution is 2.28. The number of ether oxygens (including phenoxy) is 1. The van der Waals surface area contributed by atoms with Crippen LogP contribution in [0.5, 0.6) is 0 Å². The molecule has 3 heteroatoms. The highest BCUT2D eigenvalue weighted by atomic mass is 16.5. The van der Waals surface area contributed by atoms with Gasteiger partial charge in [0, 0.05) is 13.2 Å². The molecule has 2 N–H and O–H groups in total. The summed E-state index contributed by atoms with van der Waals surface area (Å²) in [5, 5.41) is 13.0. The van der Waals surface area contributed by atoms with Crippen molar-refractivity contribution < 1.29 is 9.84 Å². The van der Waals surface area contributed by atoms with Gasteiger partial charge < -0.3 is 15.2 Å². The van der Waals surface area contributed by atoms with Crippen molar-refractivity contribution in [3.63, 3.8) is 0 Å². The van der Waals surface area contributed by atoms with Crippen LogP contribution in [0.4, 0.5) is 0 Å². The van der Waals surface area contributed by atoms with Gasteiger partial charge in [0.1, 0.15) is 0 Å². The third kappa shape index (κ3) is 6.71. The molecule has 0 bridgehead atoms. The molecule has 1 aromatic rings. The maximum Gasteiger partial charge on any atom is 0.0897 e. The van der Waals surface area contributed by atoms with Crippen molar-refractivity contribution in [1.29, 1.82) is 0 Å². The Labute approximate surface area is 116 Å². The van der Waals surface area contributed by atoms with Crippen molar-refractivity contribution >= 4 is 0 Å². The second-order valence-electron chi connectivity index (χ2n) is 5.43. The lowest BCUT2D eigenvalue weighted by Gasteiger charge is -2.12. The number of hydrogen-bond acceptors (Lipinski definition) is 3. The monoisotopic (exact) mass is 263 g/mol. The molecule has 0 amide bonds. The molecule has 0 radical (unpaired) electrons. The standard InChI is InChI=1S/C16H25NO2/c18-16(13-19-12-15-8-9-15)11-17-10-4-7-14-5-2-1-3-6-14/h1-3,5-6,15-18H,4,7-13H2. The zero-order valence-electron chi connectivity index (χ0n) is 11.6. The summed E-state index contributed by atoms with van der Waals surface area (Å²) in [5.41, 5.74) is 1.37. The molecule has 1 saturated carbocycles. The highest BCUT2D eigenvalue weighted by Gasteiger charge is 2.21. The Hall–Kier alpha value is -0.900. The van der Waals surface area contributed by atoms with E-state index in [2.05, 4.69) is 29.6 Å². The van der Waals surface area contributed by atoms with Gasteiger partial charge in [0.05, 0.1) is 12.7 Å². The van der Waals surface area contributed by atoms with Crippen LogP contribution in [0.25, 0.3) is 0 Å². The first-order chi connectivity index (χ1) is 9.34. The molecule has 19 heavy (non-hydrogen) atoms. The summed E-state index contributed by atoms with van der Waals surface area (Å²) in [6, 6.07) is 10.5. The molecule has 0 heterocycles. The third-order valence-electron chi connectivity index (χ3n) is 3.40. The second kappa shape index (κ2) is 8.31. The molecule has 1 aliphatic rings. The Balaban J connectivity index is 1.42. The van der Waals surface area contributed by atoms with Gasteiger partial charge in [-0.2, -0.15) is 0 Å². The molecular weight excluding hydrogens is 238 g/mol. The summed E-state index contributed by atoms with van der Waals surface area (Å²) in [6.45, 7) is 2.85. The lowest BCUT2D eigenvalue weighted by Crippen LogP contribution is -2.31. The van der Waals surface area contributed by atoms with E-state index in [9.17, 15) is 5.11 Å². The number of rotatable bonds is 10. The van der Waals surface area contributed by atoms with E-state index >= 15 is 0 Å². The Kier molecular flexibility index (Phi) is 6.34. The molecule has 1 unspecified atom stereocenters. The van der Waals surface area contributed by atoms with Crippen molar-refractivity contribution in [2.24, 2.45) is 5.92 Å². The number of aryl methyl sites for hydroxylation is 1. The SMILES string of the molecule is OC(CNCCCc1ccccc1)COCC1CC1. The number of benzene rings is 1. The second-order valence-corrected chi connectivity index (χ2v) is 5.43. The first-order valence-corrected chi connectivity index (χ1v) is 7.35. The maximum atomic E-state index is 9.71. The van der Waals surface area contributed by atoms with E-state index in [1.807, 2.05) is 6.07 Å². The maximum absolute atomic E-state index is 9.71. The smallest absolute Gasteiger partial charge is 0.0897 e. The van der Waals surface area contributed by atoms with E-state index in [1.54, 1.807) is 0 Å². The summed E-state index contributed by atoms with van der Waals surface area (Å²) in [5.74, 6) is 0.769. The van der Waals surface area contributed by atoms with Crippen LogP contribution >= 0.6 is 0 Å². The predicted molar refractivity (Wildman–Crippen MR) is 77.2 cm³/mol. The summed E-state index contributed by atoms with van der Waals surface area (Å²) in [4.78, 5) is 0. The summed E-state index contributed by atoms with van der Waals surface area (Å²) in [6.07, 6.45) is 4.40. The third-order valence-corrected chi connectivity index (χ3v) is 3.40. The van der Waals surface area contributed by atoms with E-state index in [4.69, 9.17) is 4.74 Å². The number of aliphatic hydroxyl groups excluding tert-OH is 1. The van der Waals surface area contributed by atoms with Gasteiger partial charge in [-0.25, -0.2) is 0 Å². The molecule has 0 spiro atoms. The lowest BCUT2D eigenvalue weighted by atomic mass is 10.1. The van der Waals surface area contributed by atoms with Crippen LogP contribution in [0, 0.1) is 5.92 Å². The molecule has 3 nitrogen and oxygen atoms in total. The van der Waals surface area contributed by atoms with Crippen molar-refractivity contribution in [1.82, 2.24) is 5.32 Å². The van der Waals surface area contributed by atoms with E-state index < -0.39 is 0 Å². The molecule has 0 aliphatic heterocycles. The van der Waals surface area contributed by atoms with Gasteiger partial charge in [0.15, 0.2) is 0 Å². The molecule has 1 aromatic carbocycles. The Morgan fingerprint density at radius 3 is 2.79 bits per heavy atom. The van der Waals surface area contributed by atoms with Gasteiger partial charge in [-0.15, -0.1) is 0 Å². The fourth-order valence-electron chi connectivity index (χ4n) is 2.05. The van der Waals surface area contributed by atoms with Crippen LogP contribution in [-0.4, -0.2) is 37.5 Å². The lowest BCUT2D eigenvalue weighted by molar-refractivity contribution is 0.0326. The van der Waals surface area contributed by atoms with Crippen molar-refractivity contribution in [3.8, 4) is 0 Å². The zero-order valence-corrected chi connectivity index (χ0v) is 11.6. The van der Waals surface area contributed by atoms with Gasteiger partial charge in [-0.1, -0.05) is 30.3 Å². The number of hydrogen-bond donors (Lipinski definition) is 2. The fourth-order valence-corrected chi connectivity index (χ4v) is 2.05. The van der Waals surface area contributed by atoms with Crippen LogP contribution in [0.2, 0.25) is 0 Å². The quantitative estimate of drug-likeness (QED) is 0.634. The molecule has 0 aromatic heterocycles. The summed E-state index contributed by atoms with van der Waals surface area (Å²) < 4.78 is 5.46. The molecule has 1 fully saturated rings. The van der Waals surface area contributed by atoms with Crippen LogP contribution in [0.15, 0.2) is 30.3 Å². The minimum absolute atomic E-state index is 0.379. The molecule has 1 atom stereocenters. The normalized spacial score (nSPS) is 16.5. The average molecular weight is 263 g/mol. The topological polar surface area (TPSA) is 41.5 Å². The highest BCUT2D eigenvalue weighted by molar-refractivity contribution is 5.14. The van der Waals surface area contributed by atoms with Gasteiger partial charge >= 0.3 is 0 Å². The Bertz CT molecular complexity index is 338. The average Bonchev–Trinajstić information content (AvgIpc) is 3.24. The van der Waals surface area contributed by atoms with Crippen LogP contribution in [0.1, 0.15) is 24.8 Å². The van der Waals surface area contributed by atoms with Crippen LogP contribution in [0.3, 0.4) is 0 Å². The van der Waals surface area contributed by atoms with E-state index in [0.29, 0.717) is 13.2 Å². The fraction of sp³-hybridized carbons (Fsp3) is 0.625. The first kappa shape index (κ1) is 14.5. The van der Waals surface area contributed by atoms with Crippen molar-refractivity contribution in [2.75, 3.05) is 26.3 Å². The van der Waals surface area contributed by atoms with E-state index in [0.717, 1.165) is 31.9 Å². The minimum atomic E-state index is -0.379. The summed E-state index contributed by atoms with van der Waals surface area (Å²) in [7, 11) is 0. The largest absolute Gasteiger partial charge is 0.389 e. The zero-order chi connectivity index (χ0) is 13.3. The van der Waals surface area contributed by atoms with E-state index in [1.165, 1.54) is 18.4 Å². The van der Waals surface area contributed by atoms with Crippen LogP contribution in [-0.2, 0) is 11.2 Å².